The van der Waals surface area contributed by atoms with E-state index in [0.29, 0.717) is 0 Å². The van der Waals surface area contributed by atoms with E-state index in [-0.39, 0.29) is 11.4 Å². The van der Waals surface area contributed by atoms with Gasteiger partial charge in [0.1, 0.15) is 0 Å². The Labute approximate surface area is 121 Å². The zero-order valence-electron chi connectivity index (χ0n) is 12.7. The van der Waals surface area contributed by atoms with Gasteiger partial charge >= 0.3 is 0 Å². The van der Waals surface area contributed by atoms with Gasteiger partial charge in [0.05, 0.1) is 5.54 Å². The van der Waals surface area contributed by atoms with Crippen LogP contribution in [0.15, 0.2) is 5.16 Å². The summed E-state index contributed by atoms with van der Waals surface area (Å²) in [5.41, 5.74) is 5.42. The van der Waals surface area contributed by atoms with Crippen molar-refractivity contribution >= 4 is 5.84 Å². The van der Waals surface area contributed by atoms with E-state index in [1.807, 2.05) is 13.8 Å². The van der Waals surface area contributed by atoms with Crippen molar-refractivity contribution in [3.8, 4) is 0 Å². The lowest BCUT2D eigenvalue weighted by molar-refractivity contribution is 0.0334. The van der Waals surface area contributed by atoms with E-state index in [0.717, 1.165) is 45.3 Å². The smallest absolute Gasteiger partial charge is 0.159 e. The number of nitrogens with zero attached hydrogens (tertiary/aromatic N) is 3. The Morgan fingerprint density at radius 1 is 1.25 bits per heavy atom. The molecule has 0 aromatic rings. The van der Waals surface area contributed by atoms with Crippen LogP contribution in [-0.2, 0) is 4.74 Å². The lowest BCUT2D eigenvalue weighted by Crippen LogP contribution is -2.60. The van der Waals surface area contributed by atoms with Crippen molar-refractivity contribution in [3.63, 3.8) is 0 Å². The normalized spacial score (nSPS) is 25.0. The molecule has 0 aromatic heterocycles. The summed E-state index contributed by atoms with van der Waals surface area (Å²) in [6.07, 6.45) is 2.38. The lowest BCUT2D eigenvalue weighted by Gasteiger charge is -2.44. The first kappa shape index (κ1) is 15.5. The highest BCUT2D eigenvalue weighted by Gasteiger charge is 2.34. The van der Waals surface area contributed by atoms with Crippen molar-refractivity contribution in [2.45, 2.75) is 32.2 Å². The molecule has 0 amide bonds. The number of oxime groups is 1. The van der Waals surface area contributed by atoms with Crippen LogP contribution in [0.2, 0.25) is 0 Å². The molecule has 116 valence electrons. The second kappa shape index (κ2) is 6.74. The molecule has 6 heteroatoms. The first-order valence-electron chi connectivity index (χ1n) is 7.57. The SMILES string of the molecule is CC(C)(C(N)=NO)N1CCN(CC2CCOCC2)CC1. The van der Waals surface area contributed by atoms with Crippen molar-refractivity contribution in [1.29, 1.82) is 0 Å². The predicted molar refractivity (Wildman–Crippen MR) is 79.0 cm³/mol. The Morgan fingerprint density at radius 2 is 1.85 bits per heavy atom. The first-order valence-corrected chi connectivity index (χ1v) is 7.57. The van der Waals surface area contributed by atoms with Crippen LogP contribution in [0.4, 0.5) is 0 Å². The summed E-state index contributed by atoms with van der Waals surface area (Å²) in [5, 5.41) is 12.1. The Balaban J connectivity index is 1.80. The molecule has 0 saturated carbocycles. The minimum atomic E-state index is -0.375. The summed E-state index contributed by atoms with van der Waals surface area (Å²) in [4.78, 5) is 4.83. The number of amidine groups is 1. The monoisotopic (exact) mass is 284 g/mol. The number of piperazine rings is 1. The third kappa shape index (κ3) is 3.62. The van der Waals surface area contributed by atoms with Gasteiger partial charge < -0.3 is 20.6 Å². The Kier molecular flexibility index (Phi) is 5.23. The maximum atomic E-state index is 8.88. The lowest BCUT2D eigenvalue weighted by atomic mass is 9.98. The highest BCUT2D eigenvalue weighted by Crippen LogP contribution is 2.20. The van der Waals surface area contributed by atoms with Crippen molar-refractivity contribution in [1.82, 2.24) is 9.80 Å². The van der Waals surface area contributed by atoms with E-state index >= 15 is 0 Å². The van der Waals surface area contributed by atoms with E-state index in [9.17, 15) is 0 Å². The van der Waals surface area contributed by atoms with Crippen molar-refractivity contribution in [3.05, 3.63) is 0 Å². The van der Waals surface area contributed by atoms with Crippen LogP contribution in [0.5, 0.6) is 0 Å². The highest BCUT2D eigenvalue weighted by molar-refractivity contribution is 5.88. The van der Waals surface area contributed by atoms with Crippen molar-refractivity contribution in [2.24, 2.45) is 16.8 Å². The third-order valence-corrected chi connectivity index (χ3v) is 4.75. The van der Waals surface area contributed by atoms with Gasteiger partial charge in [0.25, 0.3) is 0 Å². The molecule has 2 fully saturated rings. The summed E-state index contributed by atoms with van der Waals surface area (Å²) < 4.78 is 5.41. The summed E-state index contributed by atoms with van der Waals surface area (Å²) >= 11 is 0. The molecule has 0 unspecified atom stereocenters. The van der Waals surface area contributed by atoms with E-state index in [4.69, 9.17) is 15.7 Å². The molecule has 2 rings (SSSR count). The average molecular weight is 284 g/mol. The van der Waals surface area contributed by atoms with Gasteiger partial charge in [-0.3, -0.25) is 4.90 Å². The third-order valence-electron chi connectivity index (χ3n) is 4.75. The number of ether oxygens (including phenoxy) is 1. The molecular formula is C14H28N4O2. The maximum Gasteiger partial charge on any atom is 0.159 e. The number of hydrogen-bond donors (Lipinski definition) is 2. The van der Waals surface area contributed by atoms with E-state index in [2.05, 4.69) is 15.0 Å². The standard InChI is InChI=1S/C14H28N4O2/c1-14(2,13(15)16-19)18-7-5-17(6-8-18)11-12-3-9-20-10-4-12/h12,19H,3-11H2,1-2H3,(H2,15,16). The molecule has 2 aliphatic rings. The number of hydrogen-bond acceptors (Lipinski definition) is 5. The van der Waals surface area contributed by atoms with Crippen LogP contribution >= 0.6 is 0 Å². The molecule has 2 heterocycles. The summed E-state index contributed by atoms with van der Waals surface area (Å²) in [5.74, 6) is 1.07. The fourth-order valence-corrected chi connectivity index (χ4v) is 3.07. The van der Waals surface area contributed by atoms with Crippen LogP contribution in [0.25, 0.3) is 0 Å². The Hall–Kier alpha value is -0.850. The van der Waals surface area contributed by atoms with Crippen LogP contribution in [0, 0.1) is 5.92 Å². The van der Waals surface area contributed by atoms with Gasteiger partial charge in [0, 0.05) is 45.9 Å². The molecule has 2 saturated heterocycles. The minimum Gasteiger partial charge on any atom is -0.409 e. The first-order chi connectivity index (χ1) is 9.54. The van der Waals surface area contributed by atoms with E-state index in [1.165, 1.54) is 19.4 Å². The maximum absolute atomic E-state index is 8.88. The molecule has 3 N–H and O–H groups in total. The molecule has 0 aromatic carbocycles. The summed E-state index contributed by atoms with van der Waals surface area (Å²) in [6.45, 7) is 11.1. The van der Waals surface area contributed by atoms with E-state index < -0.39 is 0 Å². The van der Waals surface area contributed by atoms with Gasteiger partial charge in [-0.05, 0) is 32.6 Å². The average Bonchev–Trinajstić information content (AvgIpc) is 2.48. The molecule has 0 spiro atoms. The molecule has 20 heavy (non-hydrogen) atoms. The topological polar surface area (TPSA) is 74.3 Å². The minimum absolute atomic E-state index is 0.287. The van der Waals surface area contributed by atoms with Gasteiger partial charge in [-0.25, -0.2) is 0 Å². The van der Waals surface area contributed by atoms with Gasteiger partial charge in [-0.1, -0.05) is 5.16 Å². The molecular weight excluding hydrogens is 256 g/mol. The quantitative estimate of drug-likeness (QED) is 0.341. The fraction of sp³-hybridized carbons (Fsp3) is 0.929. The second-order valence-electron chi connectivity index (χ2n) is 6.39. The van der Waals surface area contributed by atoms with Gasteiger partial charge in [0.15, 0.2) is 5.84 Å². The Bertz CT molecular complexity index is 332. The van der Waals surface area contributed by atoms with Crippen LogP contribution in [0.1, 0.15) is 26.7 Å². The van der Waals surface area contributed by atoms with Gasteiger partial charge in [-0.2, -0.15) is 0 Å². The summed E-state index contributed by atoms with van der Waals surface area (Å²) in [7, 11) is 0. The molecule has 0 atom stereocenters. The van der Waals surface area contributed by atoms with Gasteiger partial charge in [-0.15, -0.1) is 0 Å². The highest BCUT2D eigenvalue weighted by atomic mass is 16.5. The predicted octanol–water partition coefficient (Wildman–Crippen LogP) is 0.556. The van der Waals surface area contributed by atoms with Crippen molar-refractivity contribution in [2.75, 3.05) is 45.9 Å². The van der Waals surface area contributed by atoms with Crippen LogP contribution in [-0.4, -0.2) is 72.3 Å². The van der Waals surface area contributed by atoms with Crippen LogP contribution < -0.4 is 5.73 Å². The molecule has 0 bridgehead atoms. The number of nitrogens with two attached hydrogens (primary N) is 1. The van der Waals surface area contributed by atoms with E-state index in [1.54, 1.807) is 0 Å². The Morgan fingerprint density at radius 3 is 2.40 bits per heavy atom. The molecule has 0 aliphatic carbocycles. The second-order valence-corrected chi connectivity index (χ2v) is 6.39. The molecule has 6 nitrogen and oxygen atoms in total. The summed E-state index contributed by atoms with van der Waals surface area (Å²) in [6, 6.07) is 0. The van der Waals surface area contributed by atoms with Crippen LogP contribution in [0.3, 0.4) is 0 Å². The number of rotatable bonds is 4. The van der Waals surface area contributed by atoms with Crippen molar-refractivity contribution < 1.29 is 9.94 Å². The van der Waals surface area contributed by atoms with Gasteiger partial charge in [0.2, 0.25) is 0 Å². The molecule has 0 radical (unpaired) electrons. The fourth-order valence-electron chi connectivity index (χ4n) is 3.07. The largest absolute Gasteiger partial charge is 0.409 e. The zero-order valence-corrected chi connectivity index (χ0v) is 12.7. The molecule has 2 aliphatic heterocycles. The zero-order chi connectivity index (χ0) is 14.6.